The number of rotatable bonds is 4. The molecule has 20 heavy (non-hydrogen) atoms. The summed E-state index contributed by atoms with van der Waals surface area (Å²) in [5.74, 6) is 1.43. The van der Waals surface area contributed by atoms with Crippen LogP contribution in [0.2, 0.25) is 0 Å². The average Bonchev–Trinajstić information content (AvgIpc) is 3.02. The topological polar surface area (TPSA) is 66.5 Å². The van der Waals surface area contributed by atoms with Gasteiger partial charge < -0.3 is 5.32 Å². The molecule has 0 spiro atoms. The first-order valence-electron chi connectivity index (χ1n) is 7.47. The van der Waals surface area contributed by atoms with Crippen molar-refractivity contribution in [2.45, 2.75) is 45.1 Å². The average molecular weight is 271 g/mol. The molecule has 1 fully saturated rings. The van der Waals surface area contributed by atoms with E-state index < -0.39 is 0 Å². The second kappa shape index (κ2) is 6.03. The lowest BCUT2D eigenvalue weighted by molar-refractivity contribution is 0.317. The molecule has 1 heterocycles. The van der Waals surface area contributed by atoms with Crippen LogP contribution in [0.15, 0.2) is 24.3 Å². The second-order valence-electron chi connectivity index (χ2n) is 5.52. The van der Waals surface area contributed by atoms with E-state index in [0.29, 0.717) is 11.9 Å². The number of aromatic amines is 1. The summed E-state index contributed by atoms with van der Waals surface area (Å²) in [7, 11) is 0. The number of nitrogens with one attached hydrogen (secondary N) is 2. The zero-order chi connectivity index (χ0) is 13.8. The maximum atomic E-state index is 4.03. The third-order valence-corrected chi connectivity index (χ3v) is 4.25. The normalized spacial score (nSPS) is 22.6. The summed E-state index contributed by atoms with van der Waals surface area (Å²) in [6.07, 6.45) is 6.57. The zero-order valence-electron chi connectivity index (χ0n) is 11.8. The second-order valence-corrected chi connectivity index (χ2v) is 5.52. The molecule has 1 aromatic heterocycles. The van der Waals surface area contributed by atoms with E-state index in [1.807, 2.05) is 12.1 Å². The number of tetrazole rings is 1. The minimum absolute atomic E-state index is 0.592. The molecule has 1 aliphatic rings. The Bertz CT molecular complexity index is 537. The van der Waals surface area contributed by atoms with E-state index >= 15 is 0 Å². The highest BCUT2D eigenvalue weighted by Gasteiger charge is 2.23. The Labute approximate surface area is 119 Å². The first-order valence-corrected chi connectivity index (χ1v) is 7.47. The summed E-state index contributed by atoms with van der Waals surface area (Å²) in [6.45, 7) is 2.29. The van der Waals surface area contributed by atoms with E-state index in [9.17, 15) is 0 Å². The van der Waals surface area contributed by atoms with Gasteiger partial charge in [0.25, 0.3) is 0 Å². The maximum Gasteiger partial charge on any atom is 0.204 e. The standard InChI is InChI=1S/C15H21N5/c1-2-11-6-3-4-9-14(11)16-13-8-5-7-12(10-13)15-17-19-20-18-15/h5,7-8,10-11,14,16H,2-4,6,9H2,1H3,(H,17,18,19,20). The summed E-state index contributed by atoms with van der Waals surface area (Å²) in [6, 6.07) is 8.86. The number of nitrogens with zero attached hydrogens (tertiary/aromatic N) is 3. The molecule has 1 aromatic carbocycles. The number of aromatic nitrogens is 4. The Morgan fingerprint density at radius 3 is 3.00 bits per heavy atom. The van der Waals surface area contributed by atoms with Gasteiger partial charge in [-0.2, -0.15) is 5.21 Å². The molecule has 0 radical (unpaired) electrons. The third-order valence-electron chi connectivity index (χ3n) is 4.25. The van der Waals surface area contributed by atoms with Crippen LogP contribution in [0.1, 0.15) is 39.0 Å². The number of hydrogen-bond donors (Lipinski definition) is 2. The van der Waals surface area contributed by atoms with Crippen LogP contribution in [0.25, 0.3) is 11.4 Å². The van der Waals surface area contributed by atoms with Gasteiger partial charge in [-0.15, -0.1) is 10.2 Å². The Kier molecular flexibility index (Phi) is 3.95. The highest BCUT2D eigenvalue weighted by Crippen LogP contribution is 2.30. The van der Waals surface area contributed by atoms with Crippen molar-refractivity contribution in [2.24, 2.45) is 5.92 Å². The molecule has 2 N–H and O–H groups in total. The Morgan fingerprint density at radius 2 is 2.20 bits per heavy atom. The Balaban J connectivity index is 1.75. The van der Waals surface area contributed by atoms with E-state index in [-0.39, 0.29) is 0 Å². The van der Waals surface area contributed by atoms with Crippen LogP contribution in [0, 0.1) is 5.92 Å². The molecular weight excluding hydrogens is 250 g/mol. The van der Waals surface area contributed by atoms with Crippen molar-refractivity contribution in [2.75, 3.05) is 5.32 Å². The van der Waals surface area contributed by atoms with Crippen molar-refractivity contribution < 1.29 is 0 Å². The Morgan fingerprint density at radius 1 is 1.30 bits per heavy atom. The largest absolute Gasteiger partial charge is 0.382 e. The van der Waals surface area contributed by atoms with E-state index in [1.54, 1.807) is 0 Å². The van der Waals surface area contributed by atoms with E-state index in [1.165, 1.54) is 32.1 Å². The lowest BCUT2D eigenvalue weighted by Gasteiger charge is -2.32. The first-order chi connectivity index (χ1) is 9.86. The van der Waals surface area contributed by atoms with Gasteiger partial charge in [-0.25, -0.2) is 0 Å². The quantitative estimate of drug-likeness (QED) is 0.895. The van der Waals surface area contributed by atoms with Gasteiger partial charge in [-0.05, 0) is 36.1 Å². The molecule has 1 aliphatic carbocycles. The molecule has 0 amide bonds. The molecule has 5 heteroatoms. The maximum absolute atomic E-state index is 4.03. The summed E-state index contributed by atoms with van der Waals surface area (Å²) in [4.78, 5) is 0. The van der Waals surface area contributed by atoms with Crippen LogP contribution in [0.5, 0.6) is 0 Å². The Hall–Kier alpha value is -1.91. The molecule has 3 rings (SSSR count). The third kappa shape index (κ3) is 2.81. The van der Waals surface area contributed by atoms with Crippen molar-refractivity contribution in [3.8, 4) is 11.4 Å². The van der Waals surface area contributed by atoms with Crippen molar-refractivity contribution in [1.82, 2.24) is 20.6 Å². The fourth-order valence-corrected chi connectivity index (χ4v) is 3.13. The number of anilines is 1. The molecule has 2 unspecified atom stereocenters. The summed E-state index contributed by atoms with van der Waals surface area (Å²) in [5, 5.41) is 17.9. The van der Waals surface area contributed by atoms with Crippen molar-refractivity contribution >= 4 is 5.69 Å². The highest BCUT2D eigenvalue weighted by molar-refractivity contribution is 5.61. The highest BCUT2D eigenvalue weighted by atomic mass is 15.5. The predicted molar refractivity (Wildman–Crippen MR) is 79.3 cm³/mol. The fourth-order valence-electron chi connectivity index (χ4n) is 3.13. The molecule has 2 atom stereocenters. The van der Waals surface area contributed by atoms with Gasteiger partial charge in [0.05, 0.1) is 0 Å². The SMILES string of the molecule is CCC1CCCCC1Nc1cccc(-c2nn[nH]n2)c1. The van der Waals surface area contributed by atoms with Gasteiger partial charge in [0.1, 0.15) is 0 Å². The molecule has 106 valence electrons. The molecule has 0 aliphatic heterocycles. The van der Waals surface area contributed by atoms with Gasteiger partial charge in [0.15, 0.2) is 0 Å². The zero-order valence-corrected chi connectivity index (χ0v) is 11.8. The molecule has 0 saturated heterocycles. The van der Waals surface area contributed by atoms with Crippen LogP contribution >= 0.6 is 0 Å². The van der Waals surface area contributed by atoms with Crippen molar-refractivity contribution in [1.29, 1.82) is 0 Å². The fraction of sp³-hybridized carbons (Fsp3) is 0.533. The van der Waals surface area contributed by atoms with E-state index in [2.05, 4.69) is 45.0 Å². The summed E-state index contributed by atoms with van der Waals surface area (Å²) >= 11 is 0. The first kappa shape index (κ1) is 13.1. The summed E-state index contributed by atoms with van der Waals surface area (Å²) in [5.41, 5.74) is 2.14. The molecule has 2 aromatic rings. The predicted octanol–water partition coefficient (Wildman–Crippen LogP) is 3.25. The van der Waals surface area contributed by atoms with Gasteiger partial charge in [0, 0.05) is 17.3 Å². The number of benzene rings is 1. The van der Waals surface area contributed by atoms with Crippen LogP contribution in [0.4, 0.5) is 5.69 Å². The molecule has 1 saturated carbocycles. The van der Waals surface area contributed by atoms with Gasteiger partial charge in [-0.3, -0.25) is 0 Å². The van der Waals surface area contributed by atoms with Crippen LogP contribution in [-0.2, 0) is 0 Å². The number of H-pyrrole nitrogens is 1. The molecule has 0 bridgehead atoms. The van der Waals surface area contributed by atoms with E-state index in [0.717, 1.165) is 17.2 Å². The minimum atomic E-state index is 0.592. The van der Waals surface area contributed by atoms with Crippen LogP contribution in [0.3, 0.4) is 0 Å². The van der Waals surface area contributed by atoms with Gasteiger partial charge in [-0.1, -0.05) is 38.3 Å². The van der Waals surface area contributed by atoms with E-state index in [4.69, 9.17) is 0 Å². The lowest BCUT2D eigenvalue weighted by Crippen LogP contribution is -2.31. The molecule has 5 nitrogen and oxygen atoms in total. The van der Waals surface area contributed by atoms with Crippen LogP contribution in [-0.4, -0.2) is 26.7 Å². The lowest BCUT2D eigenvalue weighted by atomic mass is 9.83. The number of hydrogen-bond acceptors (Lipinski definition) is 4. The molecular formula is C15H21N5. The van der Waals surface area contributed by atoms with Gasteiger partial charge >= 0.3 is 0 Å². The van der Waals surface area contributed by atoms with Gasteiger partial charge in [0.2, 0.25) is 5.82 Å². The monoisotopic (exact) mass is 271 g/mol. The van der Waals surface area contributed by atoms with Crippen molar-refractivity contribution in [3.63, 3.8) is 0 Å². The van der Waals surface area contributed by atoms with Crippen LogP contribution < -0.4 is 5.32 Å². The minimum Gasteiger partial charge on any atom is -0.382 e. The summed E-state index contributed by atoms with van der Waals surface area (Å²) < 4.78 is 0. The van der Waals surface area contributed by atoms with Crippen molar-refractivity contribution in [3.05, 3.63) is 24.3 Å². The smallest absolute Gasteiger partial charge is 0.204 e.